The van der Waals surface area contributed by atoms with Gasteiger partial charge in [-0.1, -0.05) is 13.3 Å². The molecule has 0 unspecified atom stereocenters. The standard InChI is InChI=1S/C12H17N3O/c1-4-5-6-10-13-11-8(2)7-9(3)15(16)12(11)14-10/h7H,4-6H2,1-3H3,(H,13,14). The Morgan fingerprint density at radius 2 is 2.19 bits per heavy atom. The second-order valence-corrected chi connectivity index (χ2v) is 4.25. The largest absolute Gasteiger partial charge is 0.710 e. The predicted molar refractivity (Wildman–Crippen MR) is 63.1 cm³/mol. The van der Waals surface area contributed by atoms with Gasteiger partial charge in [-0.25, -0.2) is 4.73 Å². The number of hydrogen-bond acceptors (Lipinski definition) is 2. The molecule has 0 saturated heterocycles. The monoisotopic (exact) mass is 219 g/mol. The Morgan fingerprint density at radius 1 is 1.44 bits per heavy atom. The van der Waals surface area contributed by atoms with Crippen LogP contribution in [0, 0.1) is 19.1 Å². The van der Waals surface area contributed by atoms with Crippen LogP contribution in [0.5, 0.6) is 0 Å². The molecule has 0 bridgehead atoms. The molecule has 1 N–H and O–H groups in total. The molecule has 86 valence electrons. The summed E-state index contributed by atoms with van der Waals surface area (Å²) in [5.41, 5.74) is 3.16. The van der Waals surface area contributed by atoms with Gasteiger partial charge in [-0.05, 0) is 36.9 Å². The van der Waals surface area contributed by atoms with Gasteiger partial charge >= 0.3 is 5.65 Å². The third kappa shape index (κ3) is 1.75. The van der Waals surface area contributed by atoms with Gasteiger partial charge in [-0.15, -0.1) is 0 Å². The van der Waals surface area contributed by atoms with Crippen molar-refractivity contribution in [3.63, 3.8) is 0 Å². The summed E-state index contributed by atoms with van der Waals surface area (Å²) < 4.78 is 0.897. The lowest BCUT2D eigenvalue weighted by atomic mass is 10.2. The highest BCUT2D eigenvalue weighted by molar-refractivity contribution is 5.71. The van der Waals surface area contributed by atoms with E-state index >= 15 is 0 Å². The van der Waals surface area contributed by atoms with Gasteiger partial charge < -0.3 is 10.2 Å². The summed E-state index contributed by atoms with van der Waals surface area (Å²) in [6.07, 6.45) is 3.13. The molecule has 0 saturated carbocycles. The van der Waals surface area contributed by atoms with Gasteiger partial charge in [0.15, 0.2) is 0 Å². The van der Waals surface area contributed by atoms with E-state index in [0.717, 1.165) is 40.9 Å². The van der Waals surface area contributed by atoms with E-state index in [1.165, 1.54) is 0 Å². The van der Waals surface area contributed by atoms with Crippen LogP contribution >= 0.6 is 0 Å². The van der Waals surface area contributed by atoms with Gasteiger partial charge in [0, 0.05) is 6.42 Å². The molecule has 0 aliphatic carbocycles. The minimum absolute atomic E-state index is 0.517. The predicted octanol–water partition coefficient (Wildman–Crippen LogP) is 2.16. The van der Waals surface area contributed by atoms with Gasteiger partial charge in [-0.3, -0.25) is 0 Å². The zero-order chi connectivity index (χ0) is 11.7. The maximum absolute atomic E-state index is 11.8. The number of pyridine rings is 1. The number of aromatic amines is 1. The third-order valence-corrected chi connectivity index (χ3v) is 2.83. The number of H-pyrrole nitrogens is 1. The third-order valence-electron chi connectivity index (χ3n) is 2.83. The molecule has 4 nitrogen and oxygen atoms in total. The fraction of sp³-hybridized carbons (Fsp3) is 0.500. The van der Waals surface area contributed by atoms with E-state index in [-0.39, 0.29) is 0 Å². The second-order valence-electron chi connectivity index (χ2n) is 4.25. The van der Waals surface area contributed by atoms with Crippen LogP contribution in [-0.2, 0) is 6.42 Å². The topological polar surface area (TPSA) is 55.6 Å². The number of hydrogen-bond donors (Lipinski definition) is 1. The zero-order valence-electron chi connectivity index (χ0n) is 10.0. The highest BCUT2D eigenvalue weighted by atomic mass is 16.5. The molecule has 2 rings (SSSR count). The molecule has 0 radical (unpaired) electrons. The summed E-state index contributed by atoms with van der Waals surface area (Å²) in [7, 11) is 0. The Labute approximate surface area is 94.9 Å². The van der Waals surface area contributed by atoms with Crippen LogP contribution in [0.2, 0.25) is 0 Å². The molecule has 2 aromatic rings. The lowest BCUT2D eigenvalue weighted by Crippen LogP contribution is -2.31. The van der Waals surface area contributed by atoms with Crippen LogP contribution in [0.1, 0.15) is 36.8 Å². The summed E-state index contributed by atoms with van der Waals surface area (Å²) in [6.45, 7) is 5.95. The van der Waals surface area contributed by atoms with Gasteiger partial charge in [0.1, 0.15) is 11.2 Å². The van der Waals surface area contributed by atoms with E-state index in [2.05, 4.69) is 16.9 Å². The van der Waals surface area contributed by atoms with E-state index in [0.29, 0.717) is 11.3 Å². The van der Waals surface area contributed by atoms with Crippen LogP contribution in [0.15, 0.2) is 6.07 Å². The number of aryl methyl sites for hydroxylation is 3. The van der Waals surface area contributed by atoms with Gasteiger partial charge in [-0.2, -0.15) is 0 Å². The highest BCUT2D eigenvalue weighted by Crippen LogP contribution is 2.14. The molecule has 0 amide bonds. The normalized spacial score (nSPS) is 11.2. The first-order valence-electron chi connectivity index (χ1n) is 5.72. The average Bonchev–Trinajstić information content (AvgIpc) is 2.68. The molecule has 0 spiro atoms. The number of rotatable bonds is 3. The van der Waals surface area contributed by atoms with Crippen molar-refractivity contribution in [3.05, 3.63) is 28.4 Å². The molecule has 2 aromatic heterocycles. The Hall–Kier alpha value is -1.58. The lowest BCUT2D eigenvalue weighted by Gasteiger charge is -2.06. The summed E-state index contributed by atoms with van der Waals surface area (Å²) in [4.78, 5) is 7.60. The first-order chi connectivity index (χ1) is 7.63. The first kappa shape index (κ1) is 10.9. The van der Waals surface area contributed by atoms with Crippen LogP contribution in [0.3, 0.4) is 0 Å². The van der Waals surface area contributed by atoms with E-state index in [1.54, 1.807) is 6.92 Å². The molecular formula is C12H17N3O. The molecular weight excluding hydrogens is 202 g/mol. The number of fused-ring (bicyclic) bond motifs is 1. The molecule has 2 heterocycles. The molecule has 0 aliphatic heterocycles. The summed E-state index contributed by atoms with van der Waals surface area (Å²) >= 11 is 0. The second kappa shape index (κ2) is 4.12. The van der Waals surface area contributed by atoms with Crippen molar-refractivity contribution in [3.8, 4) is 0 Å². The minimum Gasteiger partial charge on any atom is -0.710 e. The zero-order valence-corrected chi connectivity index (χ0v) is 10.0. The van der Waals surface area contributed by atoms with E-state index in [1.807, 2.05) is 13.0 Å². The quantitative estimate of drug-likeness (QED) is 0.635. The molecule has 0 aliphatic rings. The Balaban J connectivity index is 2.52. The highest BCUT2D eigenvalue weighted by Gasteiger charge is 2.16. The maximum atomic E-state index is 11.8. The summed E-state index contributed by atoms with van der Waals surface area (Å²) in [5, 5.41) is 11.8. The molecule has 16 heavy (non-hydrogen) atoms. The van der Waals surface area contributed by atoms with Crippen molar-refractivity contribution >= 4 is 11.2 Å². The van der Waals surface area contributed by atoms with Gasteiger partial charge in [0.2, 0.25) is 5.82 Å². The van der Waals surface area contributed by atoms with E-state index < -0.39 is 0 Å². The lowest BCUT2D eigenvalue weighted by molar-refractivity contribution is -0.586. The smallest absolute Gasteiger partial charge is 0.352 e. The van der Waals surface area contributed by atoms with Crippen molar-refractivity contribution in [2.45, 2.75) is 40.0 Å². The number of nitrogens with zero attached hydrogens (tertiary/aromatic N) is 2. The van der Waals surface area contributed by atoms with Crippen molar-refractivity contribution in [2.24, 2.45) is 0 Å². The first-order valence-corrected chi connectivity index (χ1v) is 5.72. The van der Waals surface area contributed by atoms with Crippen molar-refractivity contribution < 1.29 is 4.73 Å². The number of unbranched alkanes of at least 4 members (excludes halogenated alkanes) is 1. The molecule has 0 aromatic carbocycles. The summed E-state index contributed by atoms with van der Waals surface area (Å²) in [5.74, 6) is 0.912. The Bertz CT molecular complexity index is 516. The van der Waals surface area contributed by atoms with Crippen molar-refractivity contribution in [1.82, 2.24) is 9.97 Å². The van der Waals surface area contributed by atoms with Crippen LogP contribution in [0.25, 0.3) is 11.2 Å². The van der Waals surface area contributed by atoms with E-state index in [4.69, 9.17) is 0 Å². The fourth-order valence-corrected chi connectivity index (χ4v) is 1.91. The van der Waals surface area contributed by atoms with Gasteiger partial charge in [0.25, 0.3) is 0 Å². The molecule has 4 heteroatoms. The SMILES string of the molecule is CCCCc1nc2c([nH]1)c(C)cc(C)[n+]2[O-]. The molecule has 0 atom stereocenters. The van der Waals surface area contributed by atoms with E-state index in [9.17, 15) is 5.21 Å². The number of imidazole rings is 1. The number of aromatic nitrogens is 3. The van der Waals surface area contributed by atoms with Crippen molar-refractivity contribution in [1.29, 1.82) is 0 Å². The average molecular weight is 219 g/mol. The Morgan fingerprint density at radius 3 is 2.88 bits per heavy atom. The van der Waals surface area contributed by atoms with Crippen LogP contribution in [0.4, 0.5) is 0 Å². The fourth-order valence-electron chi connectivity index (χ4n) is 1.91. The van der Waals surface area contributed by atoms with Crippen LogP contribution < -0.4 is 4.73 Å². The maximum Gasteiger partial charge on any atom is 0.352 e. The van der Waals surface area contributed by atoms with Crippen LogP contribution in [-0.4, -0.2) is 9.97 Å². The minimum atomic E-state index is 0.517. The van der Waals surface area contributed by atoms with Gasteiger partial charge in [0.05, 0.1) is 0 Å². The Kier molecular flexibility index (Phi) is 2.81. The number of nitrogens with one attached hydrogen (secondary N) is 1. The van der Waals surface area contributed by atoms with Crippen molar-refractivity contribution in [2.75, 3.05) is 0 Å². The molecule has 0 fully saturated rings. The summed E-state index contributed by atoms with van der Waals surface area (Å²) in [6, 6.07) is 1.89.